The number of nitrogen functional groups attached to an aromatic ring is 1. The SMILES string of the molecule is Nc1ccc(CO)cc1CCN1CCCC1. The Bertz CT molecular complexity index is 346. The largest absolute Gasteiger partial charge is 0.399 e. The van der Waals surface area contributed by atoms with E-state index in [1.54, 1.807) is 0 Å². The highest BCUT2D eigenvalue weighted by atomic mass is 16.3. The first-order valence-electron chi connectivity index (χ1n) is 6.00. The van der Waals surface area contributed by atoms with E-state index in [0.717, 1.165) is 24.2 Å². The number of anilines is 1. The molecule has 0 amide bonds. The van der Waals surface area contributed by atoms with Crippen molar-refractivity contribution in [3.63, 3.8) is 0 Å². The molecule has 1 saturated heterocycles. The molecule has 0 atom stereocenters. The van der Waals surface area contributed by atoms with Crippen LogP contribution in [0.3, 0.4) is 0 Å². The van der Waals surface area contributed by atoms with Gasteiger partial charge >= 0.3 is 0 Å². The summed E-state index contributed by atoms with van der Waals surface area (Å²) >= 11 is 0. The first-order chi connectivity index (χ1) is 7.79. The van der Waals surface area contributed by atoms with Gasteiger partial charge in [-0.3, -0.25) is 0 Å². The molecule has 2 rings (SSSR count). The first kappa shape index (κ1) is 11.4. The van der Waals surface area contributed by atoms with Crippen molar-refractivity contribution in [1.82, 2.24) is 4.90 Å². The van der Waals surface area contributed by atoms with Crippen LogP contribution in [0.2, 0.25) is 0 Å². The molecule has 1 fully saturated rings. The van der Waals surface area contributed by atoms with Gasteiger partial charge in [0, 0.05) is 12.2 Å². The Labute approximate surface area is 96.9 Å². The molecular formula is C13H20N2O. The summed E-state index contributed by atoms with van der Waals surface area (Å²) in [5.41, 5.74) is 8.89. The van der Waals surface area contributed by atoms with Crippen LogP contribution in [-0.4, -0.2) is 29.6 Å². The van der Waals surface area contributed by atoms with Crippen LogP contribution in [0.4, 0.5) is 5.69 Å². The number of hydrogen-bond acceptors (Lipinski definition) is 3. The monoisotopic (exact) mass is 220 g/mol. The average Bonchev–Trinajstić information content (AvgIpc) is 2.81. The topological polar surface area (TPSA) is 49.5 Å². The first-order valence-corrected chi connectivity index (χ1v) is 6.00. The lowest BCUT2D eigenvalue weighted by atomic mass is 10.1. The number of aliphatic hydroxyl groups is 1. The predicted molar refractivity (Wildman–Crippen MR) is 66.2 cm³/mol. The molecule has 3 heteroatoms. The Morgan fingerprint density at radius 1 is 1.25 bits per heavy atom. The molecule has 0 saturated carbocycles. The van der Waals surface area contributed by atoms with Gasteiger partial charge in [-0.15, -0.1) is 0 Å². The maximum atomic E-state index is 9.08. The lowest BCUT2D eigenvalue weighted by molar-refractivity contribution is 0.281. The number of likely N-dealkylation sites (tertiary alicyclic amines) is 1. The normalized spacial score (nSPS) is 16.8. The average molecular weight is 220 g/mol. The minimum absolute atomic E-state index is 0.0942. The third kappa shape index (κ3) is 2.74. The van der Waals surface area contributed by atoms with Crippen LogP contribution in [0.5, 0.6) is 0 Å². The van der Waals surface area contributed by atoms with E-state index in [0.29, 0.717) is 0 Å². The highest BCUT2D eigenvalue weighted by Crippen LogP contribution is 2.16. The molecule has 16 heavy (non-hydrogen) atoms. The summed E-state index contributed by atoms with van der Waals surface area (Å²) < 4.78 is 0. The Balaban J connectivity index is 1.96. The van der Waals surface area contributed by atoms with Crippen molar-refractivity contribution in [2.45, 2.75) is 25.9 Å². The van der Waals surface area contributed by atoms with Gasteiger partial charge in [0.05, 0.1) is 6.61 Å². The Morgan fingerprint density at radius 2 is 2.00 bits per heavy atom. The second-order valence-corrected chi connectivity index (χ2v) is 4.49. The Hall–Kier alpha value is -1.06. The number of hydrogen-bond donors (Lipinski definition) is 2. The molecule has 0 radical (unpaired) electrons. The molecule has 0 bridgehead atoms. The predicted octanol–water partition coefficient (Wildman–Crippen LogP) is 1.40. The number of rotatable bonds is 4. The summed E-state index contributed by atoms with van der Waals surface area (Å²) in [7, 11) is 0. The summed E-state index contributed by atoms with van der Waals surface area (Å²) in [5, 5.41) is 9.08. The number of aliphatic hydroxyl groups excluding tert-OH is 1. The van der Waals surface area contributed by atoms with E-state index in [-0.39, 0.29) is 6.61 Å². The van der Waals surface area contributed by atoms with Crippen molar-refractivity contribution < 1.29 is 5.11 Å². The van der Waals surface area contributed by atoms with E-state index in [9.17, 15) is 0 Å². The van der Waals surface area contributed by atoms with Crippen molar-refractivity contribution in [2.75, 3.05) is 25.4 Å². The van der Waals surface area contributed by atoms with Gasteiger partial charge in [0.15, 0.2) is 0 Å². The van der Waals surface area contributed by atoms with E-state index < -0.39 is 0 Å². The molecule has 1 aromatic carbocycles. The zero-order chi connectivity index (χ0) is 11.4. The van der Waals surface area contributed by atoms with Crippen molar-refractivity contribution in [2.24, 2.45) is 0 Å². The van der Waals surface area contributed by atoms with Crippen LogP contribution in [0.1, 0.15) is 24.0 Å². The zero-order valence-corrected chi connectivity index (χ0v) is 9.65. The quantitative estimate of drug-likeness (QED) is 0.754. The van der Waals surface area contributed by atoms with Gasteiger partial charge < -0.3 is 15.7 Å². The van der Waals surface area contributed by atoms with Gasteiger partial charge in [0.1, 0.15) is 0 Å². The minimum Gasteiger partial charge on any atom is -0.399 e. The molecule has 88 valence electrons. The van der Waals surface area contributed by atoms with Gasteiger partial charge in [-0.2, -0.15) is 0 Å². The fraction of sp³-hybridized carbons (Fsp3) is 0.538. The summed E-state index contributed by atoms with van der Waals surface area (Å²) in [4.78, 5) is 2.48. The van der Waals surface area contributed by atoms with Crippen molar-refractivity contribution in [3.8, 4) is 0 Å². The molecule has 0 aliphatic carbocycles. The smallest absolute Gasteiger partial charge is 0.0681 e. The molecule has 0 unspecified atom stereocenters. The number of nitrogens with zero attached hydrogens (tertiary/aromatic N) is 1. The lowest BCUT2D eigenvalue weighted by Gasteiger charge is -2.15. The molecule has 0 spiro atoms. The number of benzene rings is 1. The summed E-state index contributed by atoms with van der Waals surface area (Å²) in [6, 6.07) is 5.80. The van der Waals surface area contributed by atoms with E-state index in [2.05, 4.69) is 4.90 Å². The van der Waals surface area contributed by atoms with E-state index in [1.165, 1.54) is 31.5 Å². The van der Waals surface area contributed by atoms with Crippen LogP contribution in [0, 0.1) is 0 Å². The van der Waals surface area contributed by atoms with Crippen molar-refractivity contribution in [3.05, 3.63) is 29.3 Å². The maximum Gasteiger partial charge on any atom is 0.0681 e. The molecule has 3 nitrogen and oxygen atoms in total. The van der Waals surface area contributed by atoms with Crippen LogP contribution in [0.25, 0.3) is 0 Å². The molecule has 3 N–H and O–H groups in total. The molecular weight excluding hydrogens is 200 g/mol. The highest BCUT2D eigenvalue weighted by Gasteiger charge is 2.11. The van der Waals surface area contributed by atoms with Crippen LogP contribution >= 0.6 is 0 Å². The summed E-state index contributed by atoms with van der Waals surface area (Å²) in [5.74, 6) is 0. The van der Waals surface area contributed by atoms with Gasteiger partial charge in [0.25, 0.3) is 0 Å². The maximum absolute atomic E-state index is 9.08. The molecule has 1 aromatic rings. The summed E-state index contributed by atoms with van der Waals surface area (Å²) in [6.07, 6.45) is 3.64. The van der Waals surface area contributed by atoms with Crippen molar-refractivity contribution >= 4 is 5.69 Å². The van der Waals surface area contributed by atoms with E-state index in [4.69, 9.17) is 10.8 Å². The van der Waals surface area contributed by atoms with E-state index >= 15 is 0 Å². The Morgan fingerprint density at radius 3 is 2.69 bits per heavy atom. The standard InChI is InChI=1S/C13H20N2O/c14-13-4-3-11(10-16)9-12(13)5-8-15-6-1-2-7-15/h3-4,9,16H,1-2,5-8,10,14H2. The molecule has 1 aliphatic heterocycles. The minimum atomic E-state index is 0.0942. The van der Waals surface area contributed by atoms with Gasteiger partial charge in [0.2, 0.25) is 0 Å². The molecule has 1 aliphatic rings. The lowest BCUT2D eigenvalue weighted by Crippen LogP contribution is -2.22. The fourth-order valence-electron chi connectivity index (χ4n) is 2.26. The highest BCUT2D eigenvalue weighted by molar-refractivity contribution is 5.48. The third-order valence-electron chi connectivity index (χ3n) is 3.29. The van der Waals surface area contributed by atoms with Crippen LogP contribution in [0.15, 0.2) is 18.2 Å². The third-order valence-corrected chi connectivity index (χ3v) is 3.29. The van der Waals surface area contributed by atoms with Crippen LogP contribution in [-0.2, 0) is 13.0 Å². The zero-order valence-electron chi connectivity index (χ0n) is 9.65. The fourth-order valence-corrected chi connectivity index (χ4v) is 2.26. The second-order valence-electron chi connectivity index (χ2n) is 4.49. The molecule has 0 aromatic heterocycles. The Kier molecular flexibility index (Phi) is 3.80. The summed E-state index contributed by atoms with van der Waals surface area (Å²) in [6.45, 7) is 3.62. The number of nitrogens with two attached hydrogens (primary N) is 1. The molecule has 1 heterocycles. The van der Waals surface area contributed by atoms with Crippen molar-refractivity contribution in [1.29, 1.82) is 0 Å². The van der Waals surface area contributed by atoms with Gasteiger partial charge in [-0.1, -0.05) is 12.1 Å². The van der Waals surface area contributed by atoms with Crippen LogP contribution < -0.4 is 5.73 Å². The van der Waals surface area contributed by atoms with E-state index in [1.807, 2.05) is 18.2 Å². The second kappa shape index (κ2) is 5.32. The van der Waals surface area contributed by atoms with Gasteiger partial charge in [-0.05, 0) is 49.5 Å². The van der Waals surface area contributed by atoms with Gasteiger partial charge in [-0.25, -0.2) is 0 Å².